The van der Waals surface area contributed by atoms with E-state index in [1.54, 1.807) is 19.1 Å². The number of aliphatic hydroxyl groups excluding tert-OH is 1. The van der Waals surface area contributed by atoms with Crippen LogP contribution in [0.5, 0.6) is 0 Å². The standard InChI is InChI=1S/C55H60O17/c1-35-44(63-30-37-21-11-5-12-22-37)47(64-31-38-23-13-6-14-24-38)50(65-32-39-25-15-7-16-26-39)55(68-35)72-49(52(59)61-3)48(51(58)60-2)71-54-43(57)46(66-34-42(56)62-29-36-19-9-4-10-20-36)45-41(69-54)33-67-53(70-45)40-27-17-8-18-28-40/h4-28,35,41,43-50,53-55,57H,29-34H2,1-3H3/t35-,41+,43+,44+,45-,46+,47+,48+,49+,50-,53-,54-,55?/m0/s1. The predicted molar refractivity (Wildman–Crippen MR) is 254 cm³/mol. The molecule has 3 fully saturated rings. The minimum atomic E-state index is -1.98. The van der Waals surface area contributed by atoms with Crippen molar-refractivity contribution in [3.63, 3.8) is 0 Å². The molecule has 5 aromatic carbocycles. The van der Waals surface area contributed by atoms with Crippen molar-refractivity contribution < 1.29 is 81.1 Å². The van der Waals surface area contributed by atoms with E-state index in [4.69, 9.17) is 61.6 Å². The molecule has 382 valence electrons. The van der Waals surface area contributed by atoms with E-state index in [2.05, 4.69) is 0 Å². The van der Waals surface area contributed by atoms with E-state index in [9.17, 15) is 19.5 Å². The number of esters is 3. The van der Waals surface area contributed by atoms with Crippen molar-refractivity contribution >= 4 is 17.9 Å². The summed E-state index contributed by atoms with van der Waals surface area (Å²) in [5.74, 6) is -2.90. The summed E-state index contributed by atoms with van der Waals surface area (Å²) < 4.78 is 80.0. The van der Waals surface area contributed by atoms with Crippen molar-refractivity contribution in [2.45, 2.75) is 113 Å². The van der Waals surface area contributed by atoms with Gasteiger partial charge in [-0.1, -0.05) is 152 Å². The van der Waals surface area contributed by atoms with Crippen LogP contribution in [0.15, 0.2) is 152 Å². The van der Waals surface area contributed by atoms with Gasteiger partial charge in [0, 0.05) is 5.56 Å². The molecule has 0 radical (unpaired) electrons. The summed E-state index contributed by atoms with van der Waals surface area (Å²) in [7, 11) is 2.20. The van der Waals surface area contributed by atoms with Crippen LogP contribution in [0.25, 0.3) is 0 Å². The summed E-state index contributed by atoms with van der Waals surface area (Å²) in [6, 6.07) is 46.8. The van der Waals surface area contributed by atoms with Gasteiger partial charge in [-0.3, -0.25) is 0 Å². The van der Waals surface area contributed by atoms with Crippen LogP contribution in [0.2, 0.25) is 0 Å². The second-order valence-corrected chi connectivity index (χ2v) is 17.3. The molecule has 0 saturated carbocycles. The zero-order valence-electron chi connectivity index (χ0n) is 40.2. The van der Waals surface area contributed by atoms with E-state index in [1.165, 1.54) is 0 Å². The summed E-state index contributed by atoms with van der Waals surface area (Å²) in [6.45, 7) is 1.46. The van der Waals surface area contributed by atoms with E-state index >= 15 is 0 Å². The Morgan fingerprint density at radius 3 is 1.51 bits per heavy atom. The lowest BCUT2D eigenvalue weighted by atomic mass is 9.97. The Bertz CT molecular complexity index is 2420. The molecule has 0 spiro atoms. The maximum atomic E-state index is 14.1. The van der Waals surface area contributed by atoms with Crippen LogP contribution < -0.4 is 0 Å². The van der Waals surface area contributed by atoms with Crippen molar-refractivity contribution in [3.8, 4) is 0 Å². The molecule has 5 aromatic rings. The van der Waals surface area contributed by atoms with E-state index in [0.29, 0.717) is 5.56 Å². The fraction of sp³-hybridized carbons (Fsp3) is 0.400. The highest BCUT2D eigenvalue weighted by Gasteiger charge is 2.55. The largest absolute Gasteiger partial charge is 0.467 e. The summed E-state index contributed by atoms with van der Waals surface area (Å²) >= 11 is 0. The van der Waals surface area contributed by atoms with Gasteiger partial charge < -0.3 is 66.7 Å². The van der Waals surface area contributed by atoms with E-state index in [-0.39, 0.29) is 33.0 Å². The summed E-state index contributed by atoms with van der Waals surface area (Å²) in [4.78, 5) is 41.1. The monoisotopic (exact) mass is 992 g/mol. The maximum absolute atomic E-state index is 14.1. The van der Waals surface area contributed by atoms with Gasteiger partial charge in [0.2, 0.25) is 0 Å². The molecule has 13 atom stereocenters. The number of carbonyl (C=O) groups excluding carboxylic acids is 3. The molecule has 0 aliphatic carbocycles. The van der Waals surface area contributed by atoms with Crippen LogP contribution in [-0.4, -0.2) is 124 Å². The molecule has 3 saturated heterocycles. The van der Waals surface area contributed by atoms with Crippen LogP contribution in [0.1, 0.15) is 41.0 Å². The van der Waals surface area contributed by atoms with Crippen molar-refractivity contribution in [1.82, 2.24) is 0 Å². The number of methoxy groups -OCH3 is 2. The molecule has 1 N–H and O–H groups in total. The smallest absolute Gasteiger partial charge is 0.338 e. The number of aliphatic hydroxyl groups is 1. The van der Waals surface area contributed by atoms with Gasteiger partial charge in [0.05, 0.1) is 46.8 Å². The fourth-order valence-electron chi connectivity index (χ4n) is 8.59. The van der Waals surface area contributed by atoms with Gasteiger partial charge in [-0.25, -0.2) is 14.4 Å². The average Bonchev–Trinajstić information content (AvgIpc) is 3.42. The summed E-state index contributed by atoms with van der Waals surface area (Å²) in [6.07, 6.45) is -16.7. The van der Waals surface area contributed by atoms with Crippen LogP contribution in [0.3, 0.4) is 0 Å². The Hall–Kier alpha value is -5.93. The second-order valence-electron chi connectivity index (χ2n) is 17.3. The zero-order valence-corrected chi connectivity index (χ0v) is 40.2. The number of benzene rings is 5. The van der Waals surface area contributed by atoms with Gasteiger partial charge in [0.1, 0.15) is 55.9 Å². The van der Waals surface area contributed by atoms with Crippen LogP contribution in [-0.2, 0) is 102 Å². The Balaban J connectivity index is 1.07. The number of carbonyl (C=O) groups is 3. The van der Waals surface area contributed by atoms with E-state index < -0.39 is 104 Å². The van der Waals surface area contributed by atoms with Crippen molar-refractivity contribution in [2.24, 2.45) is 0 Å². The Kier molecular flexibility index (Phi) is 19.0. The van der Waals surface area contributed by atoms with Crippen molar-refractivity contribution in [1.29, 1.82) is 0 Å². The molecule has 0 aromatic heterocycles. The van der Waals surface area contributed by atoms with E-state index in [1.807, 2.05) is 140 Å². The quantitative estimate of drug-likeness (QED) is 0.0633. The number of ether oxygens (including phenoxy) is 13. The van der Waals surface area contributed by atoms with Crippen molar-refractivity contribution in [2.75, 3.05) is 27.4 Å². The molecule has 3 aliphatic heterocycles. The topological polar surface area (TPSA) is 191 Å². The molecule has 8 rings (SSSR count). The van der Waals surface area contributed by atoms with Gasteiger partial charge >= 0.3 is 17.9 Å². The predicted octanol–water partition coefficient (Wildman–Crippen LogP) is 5.93. The summed E-state index contributed by atoms with van der Waals surface area (Å²) in [5.41, 5.74) is 4.03. The first-order valence-corrected chi connectivity index (χ1v) is 23.7. The zero-order chi connectivity index (χ0) is 50.2. The normalized spacial score (nSPS) is 26.9. The molecule has 1 unspecified atom stereocenters. The molecule has 0 bridgehead atoms. The van der Waals surface area contributed by atoms with Crippen molar-refractivity contribution in [3.05, 3.63) is 179 Å². The highest BCUT2D eigenvalue weighted by molar-refractivity contribution is 5.85. The highest BCUT2D eigenvalue weighted by atomic mass is 16.8. The molecule has 3 heterocycles. The van der Waals surface area contributed by atoms with Gasteiger partial charge in [-0.05, 0) is 29.2 Å². The molecule has 17 nitrogen and oxygen atoms in total. The van der Waals surface area contributed by atoms with Gasteiger partial charge in [-0.15, -0.1) is 0 Å². The van der Waals surface area contributed by atoms with Crippen LogP contribution in [0, 0.1) is 0 Å². The first kappa shape index (κ1) is 52.4. The Morgan fingerprint density at radius 1 is 0.542 bits per heavy atom. The SMILES string of the molecule is COC(=O)[C@H](OC1O[C@@H](C)[C@@H](OCc2ccccc2)[C@@H](OCc2ccccc2)[C@@H]1OCc1ccccc1)[C@@H](O[C@@H]1O[C@@H]2CO[C@H](c3ccccc3)O[C@@H]2[C@H](OCC(=O)OCc2ccccc2)[C@H]1O)C(=O)OC. The lowest BCUT2D eigenvalue weighted by molar-refractivity contribution is -0.375. The Labute approximate surface area is 418 Å². The molecule has 72 heavy (non-hydrogen) atoms. The van der Waals surface area contributed by atoms with E-state index in [0.717, 1.165) is 36.5 Å². The van der Waals surface area contributed by atoms with Crippen LogP contribution >= 0.6 is 0 Å². The number of fused-ring (bicyclic) bond motifs is 1. The number of rotatable bonds is 22. The lowest BCUT2D eigenvalue weighted by Crippen LogP contribution is -2.65. The third kappa shape index (κ3) is 13.8. The minimum absolute atomic E-state index is 0.0177. The fourth-order valence-corrected chi connectivity index (χ4v) is 8.59. The number of hydrogen-bond donors (Lipinski definition) is 1. The third-order valence-electron chi connectivity index (χ3n) is 12.3. The van der Waals surface area contributed by atoms with Gasteiger partial charge in [0.15, 0.2) is 31.1 Å². The molecular formula is C55H60O17. The van der Waals surface area contributed by atoms with Crippen LogP contribution in [0.4, 0.5) is 0 Å². The number of hydrogen-bond acceptors (Lipinski definition) is 17. The summed E-state index contributed by atoms with van der Waals surface area (Å²) in [5, 5.41) is 12.1. The molecule has 17 heteroatoms. The average molecular weight is 993 g/mol. The lowest BCUT2D eigenvalue weighted by Gasteiger charge is -2.48. The first-order valence-electron chi connectivity index (χ1n) is 23.7. The third-order valence-corrected chi connectivity index (χ3v) is 12.3. The maximum Gasteiger partial charge on any atom is 0.338 e. The van der Waals surface area contributed by atoms with Gasteiger partial charge in [0.25, 0.3) is 0 Å². The molecule has 3 aliphatic rings. The first-order chi connectivity index (χ1) is 35.2. The second kappa shape index (κ2) is 26.1. The minimum Gasteiger partial charge on any atom is -0.467 e. The van der Waals surface area contributed by atoms with Gasteiger partial charge in [-0.2, -0.15) is 0 Å². The highest BCUT2D eigenvalue weighted by Crippen LogP contribution is 2.37. The Morgan fingerprint density at radius 2 is 1.00 bits per heavy atom. The molecule has 0 amide bonds. The molecular weight excluding hydrogens is 933 g/mol.